The molecule has 0 spiro atoms. The molecule has 0 aromatic heterocycles. The summed E-state index contributed by atoms with van der Waals surface area (Å²) in [7, 11) is -3.26. The summed E-state index contributed by atoms with van der Waals surface area (Å²) in [6.45, 7) is 0. The number of anilines is 2. The van der Waals surface area contributed by atoms with Crippen molar-refractivity contribution < 1.29 is 19.2 Å². The van der Waals surface area contributed by atoms with Gasteiger partial charge in [0.15, 0.2) is 8.07 Å². The first-order valence-corrected chi connectivity index (χ1v) is 17.3. The van der Waals surface area contributed by atoms with Crippen LogP contribution in [0.3, 0.4) is 0 Å². The van der Waals surface area contributed by atoms with Crippen molar-refractivity contribution >= 4 is 63.8 Å². The van der Waals surface area contributed by atoms with Crippen molar-refractivity contribution in [3.63, 3.8) is 0 Å². The van der Waals surface area contributed by atoms with Crippen LogP contribution in [0.25, 0.3) is 0 Å². The fraction of sp³-hybridized carbons (Fsp3) is 0. The summed E-state index contributed by atoms with van der Waals surface area (Å²) in [5.74, 6) is -1.49. The maximum atomic E-state index is 13.9. The highest BCUT2D eigenvalue weighted by molar-refractivity contribution is 7.20. The molecule has 4 amide bonds. The van der Waals surface area contributed by atoms with Crippen LogP contribution in [0, 0.1) is 0 Å². The van der Waals surface area contributed by atoms with Gasteiger partial charge in [-0.1, -0.05) is 109 Å². The highest BCUT2D eigenvalue weighted by Gasteiger charge is 2.46. The van der Waals surface area contributed by atoms with Gasteiger partial charge in [0.1, 0.15) is 0 Å². The molecule has 224 valence electrons. The zero-order chi connectivity index (χ0) is 32.1. The number of benzene rings is 6. The summed E-state index contributed by atoms with van der Waals surface area (Å²) in [5, 5.41) is 3.81. The number of rotatable bonds is 6. The Balaban J connectivity index is 1.36. The lowest BCUT2D eigenvalue weighted by Crippen LogP contribution is -2.74. The predicted molar refractivity (Wildman–Crippen MR) is 185 cm³/mol. The van der Waals surface area contributed by atoms with E-state index in [1.807, 2.05) is 72.8 Å². The molecule has 0 atom stereocenters. The van der Waals surface area contributed by atoms with Gasteiger partial charge in [-0.25, -0.2) is 9.80 Å². The first-order chi connectivity index (χ1) is 23.0. The van der Waals surface area contributed by atoms with Gasteiger partial charge in [0, 0.05) is 0 Å². The molecule has 2 heterocycles. The number of para-hydroxylation sites is 2. The molecule has 0 saturated carbocycles. The topological polar surface area (TPSA) is 74.8 Å². The highest BCUT2D eigenvalue weighted by atomic mass is 28.3. The molecule has 2 aliphatic rings. The molecule has 0 unspecified atom stereocenters. The van der Waals surface area contributed by atoms with Crippen molar-refractivity contribution in [2.45, 2.75) is 0 Å². The molecule has 0 fully saturated rings. The minimum atomic E-state index is -3.26. The van der Waals surface area contributed by atoms with Gasteiger partial charge in [0.25, 0.3) is 23.6 Å². The maximum absolute atomic E-state index is 13.9. The van der Waals surface area contributed by atoms with Crippen molar-refractivity contribution in [1.29, 1.82) is 0 Å². The monoisotopic (exact) mass is 626 g/mol. The van der Waals surface area contributed by atoms with Gasteiger partial charge >= 0.3 is 0 Å². The Morgan fingerprint density at radius 3 is 1.00 bits per heavy atom. The van der Waals surface area contributed by atoms with Crippen LogP contribution in [-0.2, 0) is 0 Å². The van der Waals surface area contributed by atoms with Crippen LogP contribution in [-0.4, -0.2) is 31.7 Å². The van der Waals surface area contributed by atoms with Crippen molar-refractivity contribution in [2.75, 3.05) is 9.80 Å². The van der Waals surface area contributed by atoms with Crippen molar-refractivity contribution in [2.24, 2.45) is 0 Å². The van der Waals surface area contributed by atoms with E-state index in [1.165, 1.54) is 9.80 Å². The van der Waals surface area contributed by atoms with Crippen LogP contribution in [0.4, 0.5) is 11.4 Å². The minimum absolute atomic E-state index is 0.336. The molecule has 6 nitrogen and oxygen atoms in total. The molecule has 0 radical (unpaired) electrons. The Kier molecular flexibility index (Phi) is 6.63. The second-order valence-corrected chi connectivity index (χ2v) is 15.4. The van der Waals surface area contributed by atoms with Crippen molar-refractivity contribution in [3.05, 3.63) is 180 Å². The predicted octanol–water partition coefficient (Wildman–Crippen LogP) is 4.67. The summed E-state index contributed by atoms with van der Waals surface area (Å²) < 4.78 is 0. The smallest absolute Gasteiger partial charge is 0.266 e. The number of carbonyl (C=O) groups is 4. The quantitative estimate of drug-likeness (QED) is 0.153. The van der Waals surface area contributed by atoms with Crippen molar-refractivity contribution in [3.8, 4) is 0 Å². The lowest BCUT2D eigenvalue weighted by molar-refractivity contribution is 0.0910. The number of carbonyl (C=O) groups excluding carboxylic acids is 4. The minimum Gasteiger partial charge on any atom is -0.268 e. The largest absolute Gasteiger partial charge is 0.268 e. The van der Waals surface area contributed by atoms with E-state index in [-0.39, 0.29) is 23.6 Å². The molecule has 0 bridgehead atoms. The maximum Gasteiger partial charge on any atom is 0.266 e. The van der Waals surface area contributed by atoms with E-state index in [2.05, 4.69) is 24.3 Å². The Bertz CT molecular complexity index is 2060. The Morgan fingerprint density at radius 2 is 0.638 bits per heavy atom. The number of hydrogen-bond donors (Lipinski definition) is 0. The van der Waals surface area contributed by atoms with Crippen molar-refractivity contribution in [1.82, 2.24) is 0 Å². The van der Waals surface area contributed by atoms with Gasteiger partial charge in [-0.15, -0.1) is 0 Å². The third-order valence-electron chi connectivity index (χ3n) is 9.08. The number of fused-ring (bicyclic) bond motifs is 2. The van der Waals surface area contributed by atoms with Gasteiger partial charge in [-0.05, 0) is 69.3 Å². The zero-order valence-corrected chi connectivity index (χ0v) is 26.0. The fourth-order valence-corrected chi connectivity index (χ4v) is 11.7. The van der Waals surface area contributed by atoms with E-state index >= 15 is 0 Å². The molecular weight excluding hydrogens is 601 g/mol. The third kappa shape index (κ3) is 4.25. The second-order valence-electron chi connectivity index (χ2n) is 11.6. The molecule has 8 rings (SSSR count). The molecular formula is C40H26N2O4Si. The molecule has 0 saturated heterocycles. The molecule has 6 aromatic rings. The highest BCUT2D eigenvalue weighted by Crippen LogP contribution is 2.30. The van der Waals surface area contributed by atoms with Crippen LogP contribution in [0.15, 0.2) is 158 Å². The van der Waals surface area contributed by atoms with Crippen LogP contribution in [0.1, 0.15) is 41.4 Å². The third-order valence-corrected chi connectivity index (χ3v) is 13.8. The standard InChI is InChI=1S/C40H26N2O4Si/c43-37-33-23-21-31(25-35(33)39(45)41(37)27-13-5-1-6-14-27)47(29-17-9-3-10-18-29,30-19-11-4-12-20-30)32-22-24-34-36(26-32)40(46)42(38(34)44)28-15-7-2-8-16-28/h1-26H. The lowest BCUT2D eigenvalue weighted by Gasteiger charge is -2.34. The van der Waals surface area contributed by atoms with Crippen LogP contribution < -0.4 is 30.5 Å². The van der Waals surface area contributed by atoms with Crippen LogP contribution in [0.5, 0.6) is 0 Å². The summed E-state index contributed by atoms with van der Waals surface area (Å²) in [6.07, 6.45) is 0. The average Bonchev–Trinajstić information content (AvgIpc) is 3.53. The first-order valence-electron chi connectivity index (χ1n) is 15.3. The fourth-order valence-electron chi connectivity index (χ4n) is 6.95. The Morgan fingerprint density at radius 1 is 0.319 bits per heavy atom. The molecule has 7 heteroatoms. The summed E-state index contributed by atoms with van der Waals surface area (Å²) in [4.78, 5) is 57.4. The van der Waals surface area contributed by atoms with E-state index in [0.29, 0.717) is 33.6 Å². The number of amides is 4. The van der Waals surface area contributed by atoms with Crippen LogP contribution in [0.2, 0.25) is 0 Å². The first kappa shape index (κ1) is 28.3. The number of hydrogen-bond acceptors (Lipinski definition) is 4. The zero-order valence-electron chi connectivity index (χ0n) is 25.0. The van der Waals surface area contributed by atoms with E-state index in [9.17, 15) is 19.2 Å². The molecule has 0 aliphatic carbocycles. The Labute approximate surface area is 272 Å². The van der Waals surface area contributed by atoms with E-state index < -0.39 is 8.07 Å². The molecule has 2 aliphatic heterocycles. The van der Waals surface area contributed by atoms with E-state index in [0.717, 1.165) is 20.7 Å². The van der Waals surface area contributed by atoms with Gasteiger partial charge < -0.3 is 0 Å². The van der Waals surface area contributed by atoms with Gasteiger partial charge in [0.2, 0.25) is 0 Å². The molecule has 6 aromatic carbocycles. The molecule has 47 heavy (non-hydrogen) atoms. The average molecular weight is 627 g/mol. The summed E-state index contributed by atoms with van der Waals surface area (Å²) >= 11 is 0. The van der Waals surface area contributed by atoms with Gasteiger partial charge in [0.05, 0.1) is 33.6 Å². The van der Waals surface area contributed by atoms with Gasteiger partial charge in [-0.3, -0.25) is 19.2 Å². The van der Waals surface area contributed by atoms with Gasteiger partial charge in [-0.2, -0.15) is 0 Å². The van der Waals surface area contributed by atoms with E-state index in [1.54, 1.807) is 60.7 Å². The normalized spacial score (nSPS) is 14.0. The Hall–Kier alpha value is -6.18. The van der Waals surface area contributed by atoms with E-state index in [4.69, 9.17) is 0 Å². The SMILES string of the molecule is O=C1c2ccc([Si](c3ccccc3)(c3ccccc3)c3ccc4c(c3)C(=O)N(c3ccccc3)C4=O)cc2C(=O)N1c1ccccc1. The lowest BCUT2D eigenvalue weighted by atomic mass is 10.1. The second kappa shape index (κ2) is 11.0. The number of imide groups is 2. The summed E-state index contributed by atoms with van der Waals surface area (Å²) in [5.41, 5.74) is 2.39. The molecule has 0 N–H and O–H groups in total. The summed E-state index contributed by atoms with van der Waals surface area (Å²) in [6, 6.07) is 49.1. The number of nitrogens with zero attached hydrogens (tertiary/aromatic N) is 2. The van der Waals surface area contributed by atoms with Crippen LogP contribution >= 0.6 is 0 Å².